The Morgan fingerprint density at radius 2 is 2.31 bits per heavy atom. The molecule has 0 bridgehead atoms. The molecule has 0 saturated carbocycles. The van der Waals surface area contributed by atoms with Crippen molar-refractivity contribution in [1.29, 1.82) is 0 Å². The minimum absolute atomic E-state index is 0.213. The molecule has 1 saturated heterocycles. The van der Waals surface area contributed by atoms with Gasteiger partial charge in [-0.15, -0.1) is 0 Å². The van der Waals surface area contributed by atoms with E-state index in [1.54, 1.807) is 12.3 Å². The first-order chi connectivity index (χ1) is 6.09. The number of rotatable bonds is 2. The van der Waals surface area contributed by atoms with Crippen LogP contribution in [0.2, 0.25) is 0 Å². The van der Waals surface area contributed by atoms with Crippen molar-refractivity contribution in [1.82, 2.24) is 9.29 Å². The molecule has 0 amide bonds. The summed E-state index contributed by atoms with van der Waals surface area (Å²) in [5.74, 6) is 0. The SMILES string of the molecule is CS(=O)(=O)n1cccc1[C@H]1CCN1. The van der Waals surface area contributed by atoms with Gasteiger partial charge in [-0.1, -0.05) is 0 Å². The molecule has 13 heavy (non-hydrogen) atoms. The Morgan fingerprint density at radius 3 is 2.77 bits per heavy atom. The molecule has 1 N–H and O–H groups in total. The van der Waals surface area contributed by atoms with E-state index in [0.29, 0.717) is 0 Å². The molecule has 0 spiro atoms. The molecule has 0 aliphatic carbocycles. The van der Waals surface area contributed by atoms with Crippen molar-refractivity contribution in [3.63, 3.8) is 0 Å². The van der Waals surface area contributed by atoms with Gasteiger partial charge in [0.15, 0.2) is 0 Å². The number of nitrogens with one attached hydrogen (secondary N) is 1. The molecule has 5 heteroatoms. The molecule has 1 aromatic rings. The maximum atomic E-state index is 11.3. The predicted octanol–water partition coefficient (Wildman–Crippen LogP) is 0.330. The molecule has 0 unspecified atom stereocenters. The van der Waals surface area contributed by atoms with Crippen LogP contribution in [0.4, 0.5) is 0 Å². The molecule has 1 aliphatic heterocycles. The molecule has 1 aromatic heterocycles. The second-order valence-corrected chi connectivity index (χ2v) is 5.15. The highest BCUT2D eigenvalue weighted by atomic mass is 32.2. The van der Waals surface area contributed by atoms with Crippen molar-refractivity contribution in [2.24, 2.45) is 0 Å². The van der Waals surface area contributed by atoms with Crippen LogP contribution in [-0.4, -0.2) is 25.2 Å². The Morgan fingerprint density at radius 1 is 1.62 bits per heavy atom. The number of nitrogens with zero attached hydrogens (tertiary/aromatic N) is 1. The summed E-state index contributed by atoms with van der Waals surface area (Å²) < 4.78 is 23.9. The van der Waals surface area contributed by atoms with E-state index in [2.05, 4.69) is 5.32 Å². The third kappa shape index (κ3) is 1.49. The maximum absolute atomic E-state index is 11.3. The van der Waals surface area contributed by atoms with Gasteiger partial charge in [0.25, 0.3) is 0 Å². The second-order valence-electron chi connectivity index (χ2n) is 3.29. The quantitative estimate of drug-likeness (QED) is 0.748. The van der Waals surface area contributed by atoms with E-state index in [9.17, 15) is 8.42 Å². The largest absolute Gasteiger partial charge is 0.309 e. The topological polar surface area (TPSA) is 51.1 Å². The van der Waals surface area contributed by atoms with Gasteiger partial charge < -0.3 is 5.32 Å². The van der Waals surface area contributed by atoms with Crippen LogP contribution in [0.1, 0.15) is 18.2 Å². The van der Waals surface area contributed by atoms with Crippen molar-refractivity contribution >= 4 is 10.0 Å². The predicted molar refractivity (Wildman–Crippen MR) is 50.0 cm³/mol. The highest BCUT2D eigenvalue weighted by Gasteiger charge is 2.23. The van der Waals surface area contributed by atoms with Crippen molar-refractivity contribution in [3.05, 3.63) is 24.0 Å². The molecule has 0 aromatic carbocycles. The first-order valence-electron chi connectivity index (χ1n) is 4.20. The van der Waals surface area contributed by atoms with Crippen LogP contribution < -0.4 is 5.32 Å². The van der Waals surface area contributed by atoms with Crippen LogP contribution in [0.5, 0.6) is 0 Å². The minimum atomic E-state index is -3.13. The van der Waals surface area contributed by atoms with E-state index in [-0.39, 0.29) is 6.04 Å². The van der Waals surface area contributed by atoms with E-state index in [0.717, 1.165) is 18.7 Å². The Kier molecular flexibility index (Phi) is 1.92. The Balaban J connectivity index is 2.41. The second kappa shape index (κ2) is 2.85. The van der Waals surface area contributed by atoms with E-state index in [1.807, 2.05) is 6.07 Å². The molecule has 72 valence electrons. The summed E-state index contributed by atoms with van der Waals surface area (Å²) in [6, 6.07) is 3.82. The van der Waals surface area contributed by atoms with E-state index in [1.165, 1.54) is 10.2 Å². The van der Waals surface area contributed by atoms with Crippen LogP contribution in [0.3, 0.4) is 0 Å². The summed E-state index contributed by atoms with van der Waals surface area (Å²) in [6.07, 6.45) is 3.82. The molecular formula is C8H12N2O2S. The standard InChI is InChI=1S/C8H12N2O2S/c1-13(11,12)10-6-2-3-8(10)7-4-5-9-7/h2-3,6-7,9H,4-5H2,1H3/t7-/m1/s1. The summed E-state index contributed by atoms with van der Waals surface area (Å²) in [7, 11) is -3.13. The Hall–Kier alpha value is -0.810. The van der Waals surface area contributed by atoms with Gasteiger partial charge in [-0.3, -0.25) is 0 Å². The van der Waals surface area contributed by atoms with Gasteiger partial charge >= 0.3 is 0 Å². The zero-order valence-corrected chi connectivity index (χ0v) is 8.21. The molecule has 0 radical (unpaired) electrons. The van der Waals surface area contributed by atoms with E-state index in [4.69, 9.17) is 0 Å². The van der Waals surface area contributed by atoms with E-state index < -0.39 is 10.0 Å². The highest BCUT2D eigenvalue weighted by Crippen LogP contribution is 2.23. The molecular weight excluding hydrogens is 188 g/mol. The van der Waals surface area contributed by atoms with Crippen LogP contribution in [-0.2, 0) is 10.0 Å². The fraction of sp³-hybridized carbons (Fsp3) is 0.500. The van der Waals surface area contributed by atoms with Gasteiger partial charge in [0.2, 0.25) is 10.0 Å². The Bertz CT molecular complexity index is 404. The van der Waals surface area contributed by atoms with Crippen molar-refractivity contribution < 1.29 is 8.42 Å². The number of aromatic nitrogens is 1. The lowest BCUT2D eigenvalue weighted by atomic mass is 10.0. The maximum Gasteiger partial charge on any atom is 0.235 e. The van der Waals surface area contributed by atoms with Gasteiger partial charge in [-0.2, -0.15) is 0 Å². The van der Waals surface area contributed by atoms with Crippen LogP contribution in [0, 0.1) is 0 Å². The van der Waals surface area contributed by atoms with E-state index >= 15 is 0 Å². The van der Waals surface area contributed by atoms with Crippen LogP contribution >= 0.6 is 0 Å². The highest BCUT2D eigenvalue weighted by molar-refractivity contribution is 7.89. The third-order valence-electron chi connectivity index (χ3n) is 2.28. The lowest BCUT2D eigenvalue weighted by Gasteiger charge is -2.28. The van der Waals surface area contributed by atoms with Crippen LogP contribution in [0.25, 0.3) is 0 Å². The smallest absolute Gasteiger partial charge is 0.235 e. The first kappa shape index (κ1) is 8.77. The van der Waals surface area contributed by atoms with Crippen molar-refractivity contribution in [2.75, 3.05) is 12.8 Å². The monoisotopic (exact) mass is 200 g/mol. The average Bonchev–Trinajstić information content (AvgIpc) is 2.29. The van der Waals surface area contributed by atoms with Gasteiger partial charge in [0, 0.05) is 12.2 Å². The van der Waals surface area contributed by atoms with Gasteiger partial charge in [0.1, 0.15) is 0 Å². The van der Waals surface area contributed by atoms with Crippen molar-refractivity contribution in [2.45, 2.75) is 12.5 Å². The molecule has 1 fully saturated rings. The summed E-state index contributed by atoms with van der Waals surface area (Å²) in [5.41, 5.74) is 0.841. The summed E-state index contributed by atoms with van der Waals surface area (Å²) in [4.78, 5) is 0. The fourth-order valence-electron chi connectivity index (χ4n) is 1.49. The van der Waals surface area contributed by atoms with Crippen molar-refractivity contribution in [3.8, 4) is 0 Å². The summed E-state index contributed by atoms with van der Waals surface area (Å²) in [5, 5.41) is 3.18. The zero-order chi connectivity index (χ0) is 9.47. The van der Waals surface area contributed by atoms with Gasteiger partial charge in [-0.05, 0) is 25.1 Å². The summed E-state index contributed by atoms with van der Waals surface area (Å²) >= 11 is 0. The van der Waals surface area contributed by atoms with Gasteiger partial charge in [0.05, 0.1) is 11.9 Å². The first-order valence-corrected chi connectivity index (χ1v) is 6.05. The Labute approximate surface area is 77.6 Å². The van der Waals surface area contributed by atoms with Crippen LogP contribution in [0.15, 0.2) is 18.3 Å². The molecule has 2 rings (SSSR count). The average molecular weight is 200 g/mol. The zero-order valence-electron chi connectivity index (χ0n) is 7.40. The lowest BCUT2D eigenvalue weighted by molar-refractivity contribution is 0.373. The normalized spacial score (nSPS) is 22.7. The molecule has 1 atom stereocenters. The molecule has 4 nitrogen and oxygen atoms in total. The number of hydrogen-bond acceptors (Lipinski definition) is 3. The van der Waals surface area contributed by atoms with Gasteiger partial charge in [-0.25, -0.2) is 12.4 Å². The molecule has 1 aliphatic rings. The summed E-state index contributed by atoms with van der Waals surface area (Å²) in [6.45, 7) is 0.972. The lowest BCUT2D eigenvalue weighted by Crippen LogP contribution is -2.37. The number of hydrogen-bond donors (Lipinski definition) is 1. The third-order valence-corrected chi connectivity index (χ3v) is 3.33. The molecule has 2 heterocycles. The fourth-order valence-corrected chi connectivity index (χ4v) is 2.35. The minimum Gasteiger partial charge on any atom is -0.309 e.